The van der Waals surface area contributed by atoms with Crippen LogP contribution in [0.3, 0.4) is 0 Å². The Morgan fingerprint density at radius 3 is 2.41 bits per heavy atom. The van der Waals surface area contributed by atoms with Crippen LogP contribution in [0.4, 0.5) is 11.4 Å². The number of sulfonamides is 1. The second-order valence-electron chi connectivity index (χ2n) is 4.80. The van der Waals surface area contributed by atoms with Gasteiger partial charge < -0.3 is 10.0 Å². The number of hydrogen-bond donors (Lipinski definition) is 1. The molecule has 0 aliphatic rings. The van der Waals surface area contributed by atoms with E-state index in [1.807, 2.05) is 13.0 Å². The minimum Gasteiger partial charge on any atom is -0.573 e. The summed E-state index contributed by atoms with van der Waals surface area (Å²) in [5.74, 6) is -0.211. The van der Waals surface area contributed by atoms with Gasteiger partial charge in [-0.05, 0) is 36.2 Å². The van der Waals surface area contributed by atoms with Gasteiger partial charge in [-0.3, -0.25) is 4.79 Å². The number of amides is 1. The molecule has 0 unspecified atom stereocenters. The van der Waals surface area contributed by atoms with E-state index in [1.54, 1.807) is 18.2 Å². The van der Waals surface area contributed by atoms with Gasteiger partial charge in [-0.2, -0.15) is 0 Å². The highest BCUT2D eigenvalue weighted by Crippen LogP contribution is 2.28. The van der Waals surface area contributed by atoms with Crippen LogP contribution in [-0.2, 0) is 21.2 Å². The Morgan fingerprint density at radius 1 is 1.14 bits per heavy atom. The van der Waals surface area contributed by atoms with Gasteiger partial charge in [0.1, 0.15) is 10.0 Å². The Bertz CT molecular complexity index is 768. The number of aryl methyl sites for hydroxylation is 1. The van der Waals surface area contributed by atoms with E-state index >= 15 is 0 Å². The van der Waals surface area contributed by atoms with Gasteiger partial charge in [0.25, 0.3) is 0 Å². The standard InChI is InChI=1S/C16H17N2O3S/c1-3-13-5-4-6-15(11-13)18-22(20,21)16-9-7-14(8-10-16)17-12(2)19/h4-11H,3H2,1-2H3,(H,17,19)/q-1. The minimum absolute atomic E-state index is 0.0866. The van der Waals surface area contributed by atoms with Gasteiger partial charge in [-0.15, -0.1) is 5.69 Å². The van der Waals surface area contributed by atoms with Crippen LogP contribution < -0.4 is 5.32 Å². The van der Waals surface area contributed by atoms with Gasteiger partial charge in [-0.25, -0.2) is 8.42 Å². The second kappa shape index (κ2) is 6.62. The molecular formula is C16H17N2O3S-. The van der Waals surface area contributed by atoms with Crippen molar-refractivity contribution in [3.05, 3.63) is 58.8 Å². The van der Waals surface area contributed by atoms with Crippen molar-refractivity contribution in [2.75, 3.05) is 5.32 Å². The van der Waals surface area contributed by atoms with Gasteiger partial charge in [-0.1, -0.05) is 31.2 Å². The van der Waals surface area contributed by atoms with E-state index in [1.165, 1.54) is 31.2 Å². The zero-order valence-corrected chi connectivity index (χ0v) is 13.2. The topological polar surface area (TPSA) is 77.3 Å². The molecule has 0 saturated heterocycles. The summed E-state index contributed by atoms with van der Waals surface area (Å²) in [4.78, 5) is 11.0. The second-order valence-corrected chi connectivity index (χ2v) is 6.40. The van der Waals surface area contributed by atoms with Gasteiger partial charge in [0.2, 0.25) is 5.91 Å². The van der Waals surface area contributed by atoms with Crippen molar-refractivity contribution in [2.24, 2.45) is 0 Å². The molecule has 0 aliphatic carbocycles. The zero-order valence-electron chi connectivity index (χ0n) is 12.4. The minimum atomic E-state index is -3.77. The molecule has 0 spiro atoms. The lowest BCUT2D eigenvalue weighted by atomic mass is 10.1. The van der Waals surface area contributed by atoms with Gasteiger partial charge in [0, 0.05) is 12.6 Å². The predicted molar refractivity (Wildman–Crippen MR) is 86.8 cm³/mol. The molecule has 0 aromatic heterocycles. The smallest absolute Gasteiger partial charge is 0.221 e. The van der Waals surface area contributed by atoms with Crippen molar-refractivity contribution in [1.29, 1.82) is 0 Å². The molecule has 116 valence electrons. The van der Waals surface area contributed by atoms with Gasteiger partial charge in [0.05, 0.1) is 4.90 Å². The summed E-state index contributed by atoms with van der Waals surface area (Å²) in [5, 5.41) is 2.58. The summed E-state index contributed by atoms with van der Waals surface area (Å²) >= 11 is 0. The SMILES string of the molecule is CCc1cccc([N-]S(=O)(=O)c2ccc(NC(C)=O)cc2)c1. The summed E-state index contributed by atoms with van der Waals surface area (Å²) in [6, 6.07) is 13.0. The fourth-order valence-electron chi connectivity index (χ4n) is 1.94. The molecule has 0 atom stereocenters. The van der Waals surface area contributed by atoms with E-state index in [2.05, 4.69) is 10.0 Å². The Kier molecular flexibility index (Phi) is 4.82. The monoisotopic (exact) mass is 317 g/mol. The van der Waals surface area contributed by atoms with Gasteiger partial charge >= 0.3 is 0 Å². The van der Waals surface area contributed by atoms with E-state index in [0.29, 0.717) is 11.4 Å². The third kappa shape index (κ3) is 4.08. The average Bonchev–Trinajstić information content (AvgIpc) is 2.47. The molecule has 0 heterocycles. The van der Waals surface area contributed by atoms with Crippen LogP contribution in [0, 0.1) is 0 Å². The predicted octanol–water partition coefficient (Wildman–Crippen LogP) is 3.60. The quantitative estimate of drug-likeness (QED) is 0.915. The van der Waals surface area contributed by atoms with Gasteiger partial charge in [0.15, 0.2) is 0 Å². The lowest BCUT2D eigenvalue weighted by Gasteiger charge is -2.22. The van der Waals surface area contributed by atoms with E-state index < -0.39 is 10.0 Å². The summed E-state index contributed by atoms with van der Waals surface area (Å²) in [7, 11) is -3.77. The lowest BCUT2D eigenvalue weighted by Crippen LogP contribution is -2.06. The van der Waals surface area contributed by atoms with E-state index in [0.717, 1.165) is 12.0 Å². The molecule has 2 aromatic rings. The summed E-state index contributed by atoms with van der Waals surface area (Å²) in [6.07, 6.45) is 0.814. The fraction of sp³-hybridized carbons (Fsp3) is 0.188. The highest BCUT2D eigenvalue weighted by atomic mass is 32.2. The summed E-state index contributed by atoms with van der Waals surface area (Å²) in [5.41, 5.74) is 1.97. The normalized spacial score (nSPS) is 11.0. The number of benzene rings is 2. The molecule has 0 radical (unpaired) electrons. The van der Waals surface area contributed by atoms with Crippen LogP contribution >= 0.6 is 0 Å². The third-order valence-electron chi connectivity index (χ3n) is 3.02. The number of nitrogens with one attached hydrogen (secondary N) is 1. The molecule has 0 aliphatic heterocycles. The van der Waals surface area contributed by atoms with Crippen molar-refractivity contribution in [3.63, 3.8) is 0 Å². The summed E-state index contributed by atoms with van der Waals surface area (Å²) in [6.45, 7) is 3.38. The van der Waals surface area contributed by atoms with Crippen molar-refractivity contribution in [1.82, 2.24) is 0 Å². The van der Waals surface area contributed by atoms with E-state index in [-0.39, 0.29) is 10.8 Å². The molecule has 22 heavy (non-hydrogen) atoms. The number of nitrogens with zero attached hydrogens (tertiary/aromatic N) is 1. The molecular weight excluding hydrogens is 300 g/mol. The molecule has 2 rings (SSSR count). The summed E-state index contributed by atoms with van der Waals surface area (Å²) < 4.78 is 28.4. The maximum Gasteiger partial charge on any atom is 0.221 e. The number of anilines is 1. The number of hydrogen-bond acceptors (Lipinski definition) is 3. The molecule has 1 amide bonds. The van der Waals surface area contributed by atoms with Crippen LogP contribution in [-0.4, -0.2) is 14.3 Å². The number of carbonyl (C=O) groups is 1. The van der Waals surface area contributed by atoms with Crippen LogP contribution in [0.25, 0.3) is 4.72 Å². The fourth-order valence-corrected chi connectivity index (χ4v) is 2.91. The van der Waals surface area contributed by atoms with E-state index in [9.17, 15) is 13.2 Å². The zero-order chi connectivity index (χ0) is 16.2. The first-order chi connectivity index (χ1) is 10.4. The van der Waals surface area contributed by atoms with Crippen LogP contribution in [0.5, 0.6) is 0 Å². The molecule has 5 nitrogen and oxygen atoms in total. The Morgan fingerprint density at radius 2 is 1.82 bits per heavy atom. The molecule has 0 bridgehead atoms. The highest BCUT2D eigenvalue weighted by molar-refractivity contribution is 7.94. The Labute approximate surface area is 130 Å². The molecule has 0 saturated carbocycles. The van der Waals surface area contributed by atoms with Crippen molar-refractivity contribution in [3.8, 4) is 0 Å². The third-order valence-corrected chi connectivity index (χ3v) is 4.34. The molecule has 6 heteroatoms. The first-order valence-corrected chi connectivity index (χ1v) is 8.29. The first-order valence-electron chi connectivity index (χ1n) is 6.85. The maximum absolute atomic E-state index is 12.3. The van der Waals surface area contributed by atoms with Crippen molar-refractivity contribution < 1.29 is 13.2 Å². The van der Waals surface area contributed by atoms with Crippen LogP contribution in [0.15, 0.2) is 53.4 Å². The highest BCUT2D eigenvalue weighted by Gasteiger charge is 2.05. The van der Waals surface area contributed by atoms with Crippen LogP contribution in [0.2, 0.25) is 0 Å². The maximum atomic E-state index is 12.3. The van der Waals surface area contributed by atoms with Crippen molar-refractivity contribution >= 4 is 27.3 Å². The van der Waals surface area contributed by atoms with E-state index in [4.69, 9.17) is 0 Å². The molecule has 1 N–H and O–H groups in total. The number of carbonyl (C=O) groups excluding carboxylic acids is 1. The molecule has 0 fully saturated rings. The largest absolute Gasteiger partial charge is 0.573 e. The van der Waals surface area contributed by atoms with Crippen molar-refractivity contribution in [2.45, 2.75) is 25.2 Å². The average molecular weight is 317 g/mol. The Hall–Kier alpha value is -2.34. The first kappa shape index (κ1) is 16.0. The van der Waals surface area contributed by atoms with Crippen LogP contribution in [0.1, 0.15) is 19.4 Å². The Balaban J connectivity index is 2.20. The molecule has 2 aromatic carbocycles. The lowest BCUT2D eigenvalue weighted by molar-refractivity contribution is -0.114. The number of rotatable bonds is 5.